The van der Waals surface area contributed by atoms with Gasteiger partial charge < -0.3 is 14.8 Å². The van der Waals surface area contributed by atoms with Crippen molar-refractivity contribution in [3.05, 3.63) is 98.8 Å². The molecule has 1 amide bonds. The molecule has 0 saturated heterocycles. The molecule has 4 rings (SSSR count). The Hall–Kier alpha value is -4.73. The van der Waals surface area contributed by atoms with Gasteiger partial charge in [0.25, 0.3) is 5.56 Å². The summed E-state index contributed by atoms with van der Waals surface area (Å²) in [5.41, 5.74) is 0.210. The highest BCUT2D eigenvalue weighted by molar-refractivity contribution is 6.01. The Morgan fingerprint density at radius 2 is 1.72 bits per heavy atom. The van der Waals surface area contributed by atoms with Crippen molar-refractivity contribution in [1.82, 2.24) is 14.1 Å². The number of para-hydroxylation sites is 1. The van der Waals surface area contributed by atoms with Gasteiger partial charge in [0.2, 0.25) is 5.91 Å². The minimum atomic E-state index is -0.662. The number of carbonyl (C=O) groups excluding carboxylic acids is 2. The van der Waals surface area contributed by atoms with E-state index in [9.17, 15) is 19.2 Å². The molecule has 0 fully saturated rings. The zero-order valence-corrected chi connectivity index (χ0v) is 19.8. The molecule has 0 saturated carbocycles. The van der Waals surface area contributed by atoms with Crippen molar-refractivity contribution >= 4 is 28.6 Å². The van der Waals surface area contributed by atoms with Gasteiger partial charge in [-0.05, 0) is 48.9 Å². The van der Waals surface area contributed by atoms with E-state index in [1.165, 1.54) is 16.8 Å². The lowest BCUT2D eigenvalue weighted by molar-refractivity contribution is -0.116. The maximum atomic E-state index is 13.4. The van der Waals surface area contributed by atoms with Crippen LogP contribution >= 0.6 is 0 Å². The third-order valence-electron chi connectivity index (χ3n) is 5.48. The van der Waals surface area contributed by atoms with E-state index in [-0.39, 0.29) is 35.4 Å². The van der Waals surface area contributed by atoms with Gasteiger partial charge in [0.1, 0.15) is 12.3 Å². The molecule has 0 spiro atoms. The maximum absolute atomic E-state index is 13.4. The highest BCUT2D eigenvalue weighted by Gasteiger charge is 2.18. The van der Waals surface area contributed by atoms with E-state index >= 15 is 0 Å². The second kappa shape index (κ2) is 10.7. The summed E-state index contributed by atoms with van der Waals surface area (Å²) in [7, 11) is 1.54. The van der Waals surface area contributed by atoms with Crippen LogP contribution in [0.25, 0.3) is 11.0 Å². The highest BCUT2D eigenvalue weighted by atomic mass is 16.5. The summed E-state index contributed by atoms with van der Waals surface area (Å²) in [4.78, 5) is 55.9. The normalized spacial score (nSPS) is 10.7. The fourth-order valence-corrected chi connectivity index (χ4v) is 3.76. The average Bonchev–Trinajstić information content (AvgIpc) is 2.90. The molecule has 4 aromatic rings. The van der Waals surface area contributed by atoms with Gasteiger partial charge in [0.15, 0.2) is 5.52 Å². The zero-order chi connectivity index (χ0) is 25.7. The van der Waals surface area contributed by atoms with Crippen molar-refractivity contribution < 1.29 is 19.1 Å². The van der Waals surface area contributed by atoms with Crippen molar-refractivity contribution in [2.45, 2.75) is 20.0 Å². The molecular formula is C26H24N4O6. The molecule has 184 valence electrons. The lowest BCUT2D eigenvalue weighted by Gasteiger charge is -2.15. The van der Waals surface area contributed by atoms with E-state index in [2.05, 4.69) is 10.3 Å². The number of aromatic nitrogens is 3. The number of hydrogen-bond donors (Lipinski definition) is 1. The topological polar surface area (TPSA) is 122 Å². The SMILES string of the molecule is CCOC(=O)c1ccccc1NC(=O)Cn1c(=O)n(Cc2ccc(OC)cc2)c(=O)c2ncccc21. The molecule has 1 N–H and O–H groups in total. The van der Waals surface area contributed by atoms with Gasteiger partial charge >= 0.3 is 11.7 Å². The second-order valence-electron chi connectivity index (χ2n) is 7.79. The number of rotatable bonds is 8. The third-order valence-corrected chi connectivity index (χ3v) is 5.48. The number of nitrogens with one attached hydrogen (secondary N) is 1. The van der Waals surface area contributed by atoms with Gasteiger partial charge in [0.05, 0.1) is 37.0 Å². The molecule has 0 aliphatic rings. The summed E-state index contributed by atoms with van der Waals surface area (Å²) in [6, 6.07) is 16.5. The molecule has 0 radical (unpaired) electrons. The number of hydrogen-bond acceptors (Lipinski definition) is 7. The van der Waals surface area contributed by atoms with Crippen LogP contribution in [0.15, 0.2) is 76.4 Å². The van der Waals surface area contributed by atoms with E-state index in [0.29, 0.717) is 11.3 Å². The first-order valence-electron chi connectivity index (χ1n) is 11.2. The van der Waals surface area contributed by atoms with Crippen LogP contribution in [0.5, 0.6) is 5.75 Å². The number of anilines is 1. The molecule has 0 bridgehead atoms. The first-order chi connectivity index (χ1) is 17.4. The van der Waals surface area contributed by atoms with Crippen LogP contribution in [0.4, 0.5) is 5.69 Å². The van der Waals surface area contributed by atoms with Crippen molar-refractivity contribution in [3.63, 3.8) is 0 Å². The summed E-state index contributed by atoms with van der Waals surface area (Å²) in [6.07, 6.45) is 1.45. The van der Waals surface area contributed by atoms with Crippen LogP contribution in [0.2, 0.25) is 0 Å². The quantitative estimate of drug-likeness (QED) is 0.378. The Labute approximate surface area is 205 Å². The Bertz CT molecular complexity index is 1540. The number of benzene rings is 2. The zero-order valence-electron chi connectivity index (χ0n) is 19.8. The van der Waals surface area contributed by atoms with Crippen molar-refractivity contribution in [1.29, 1.82) is 0 Å². The Balaban J connectivity index is 1.70. The fourth-order valence-electron chi connectivity index (χ4n) is 3.76. The second-order valence-corrected chi connectivity index (χ2v) is 7.79. The van der Waals surface area contributed by atoms with Crippen LogP contribution in [-0.4, -0.2) is 39.7 Å². The number of ether oxygens (including phenoxy) is 2. The Kier molecular flexibility index (Phi) is 7.24. The third kappa shape index (κ3) is 5.02. The van der Waals surface area contributed by atoms with Crippen molar-refractivity contribution in [2.75, 3.05) is 19.0 Å². The number of carbonyl (C=O) groups is 2. The molecule has 10 heteroatoms. The van der Waals surface area contributed by atoms with Crippen LogP contribution < -0.4 is 21.3 Å². The van der Waals surface area contributed by atoms with Gasteiger partial charge in [-0.2, -0.15) is 0 Å². The largest absolute Gasteiger partial charge is 0.497 e. The number of methoxy groups -OCH3 is 1. The molecule has 0 atom stereocenters. The molecule has 0 unspecified atom stereocenters. The minimum Gasteiger partial charge on any atom is -0.497 e. The number of amides is 1. The predicted molar refractivity (Wildman–Crippen MR) is 133 cm³/mol. The van der Waals surface area contributed by atoms with Gasteiger partial charge in [-0.15, -0.1) is 0 Å². The monoisotopic (exact) mass is 488 g/mol. The predicted octanol–water partition coefficient (Wildman–Crippen LogP) is 2.43. The number of esters is 1. The van der Waals surface area contributed by atoms with E-state index in [0.717, 1.165) is 4.57 Å². The summed E-state index contributed by atoms with van der Waals surface area (Å²) >= 11 is 0. The average molecular weight is 489 g/mol. The fraction of sp³-hybridized carbons (Fsp3) is 0.192. The summed E-state index contributed by atoms with van der Waals surface area (Å²) in [6.45, 7) is 1.46. The molecule has 2 heterocycles. The van der Waals surface area contributed by atoms with Gasteiger partial charge in [-0.3, -0.25) is 18.7 Å². The Morgan fingerprint density at radius 1 is 0.972 bits per heavy atom. The van der Waals surface area contributed by atoms with E-state index in [4.69, 9.17) is 9.47 Å². The summed E-state index contributed by atoms with van der Waals surface area (Å²) < 4.78 is 12.4. The van der Waals surface area contributed by atoms with E-state index in [1.54, 1.807) is 68.6 Å². The summed E-state index contributed by atoms with van der Waals surface area (Å²) in [5, 5.41) is 2.67. The molecule has 2 aromatic carbocycles. The van der Waals surface area contributed by atoms with Gasteiger partial charge in [-0.1, -0.05) is 24.3 Å². The van der Waals surface area contributed by atoms with E-state index in [1.807, 2.05) is 0 Å². The van der Waals surface area contributed by atoms with Crippen LogP contribution in [-0.2, 0) is 22.6 Å². The van der Waals surface area contributed by atoms with E-state index < -0.39 is 29.7 Å². The molecule has 0 aliphatic carbocycles. The molecule has 36 heavy (non-hydrogen) atoms. The van der Waals surface area contributed by atoms with Crippen molar-refractivity contribution in [2.24, 2.45) is 0 Å². The highest BCUT2D eigenvalue weighted by Crippen LogP contribution is 2.17. The smallest absolute Gasteiger partial charge is 0.340 e. The van der Waals surface area contributed by atoms with Crippen LogP contribution in [0, 0.1) is 0 Å². The number of nitrogens with zero attached hydrogens (tertiary/aromatic N) is 3. The lowest BCUT2D eigenvalue weighted by Crippen LogP contribution is -2.42. The van der Waals surface area contributed by atoms with Crippen LogP contribution in [0.1, 0.15) is 22.8 Å². The molecule has 0 aliphatic heterocycles. The first-order valence-corrected chi connectivity index (χ1v) is 11.2. The number of fused-ring (bicyclic) bond motifs is 1. The Morgan fingerprint density at radius 3 is 2.44 bits per heavy atom. The minimum absolute atomic E-state index is 0.0124. The summed E-state index contributed by atoms with van der Waals surface area (Å²) in [5.74, 6) is -0.495. The first kappa shape index (κ1) is 24.4. The number of pyridine rings is 1. The van der Waals surface area contributed by atoms with Gasteiger partial charge in [0, 0.05) is 6.20 Å². The molecular weight excluding hydrogens is 464 g/mol. The maximum Gasteiger partial charge on any atom is 0.340 e. The lowest BCUT2D eigenvalue weighted by atomic mass is 10.2. The molecule has 2 aromatic heterocycles. The van der Waals surface area contributed by atoms with Gasteiger partial charge in [-0.25, -0.2) is 14.6 Å². The van der Waals surface area contributed by atoms with Crippen LogP contribution in [0.3, 0.4) is 0 Å². The standard InChI is InChI=1S/C26H24N4O6/c1-3-36-25(33)19-7-4-5-8-20(19)28-22(31)16-29-21-9-6-14-27-23(21)24(32)30(26(29)34)15-17-10-12-18(35-2)13-11-17/h4-14H,3,15-16H2,1-2H3,(H,28,31). The molecule has 10 nitrogen and oxygen atoms in total. The van der Waals surface area contributed by atoms with Crippen molar-refractivity contribution in [3.8, 4) is 5.75 Å².